The summed E-state index contributed by atoms with van der Waals surface area (Å²) in [4.78, 5) is 13.0. The summed E-state index contributed by atoms with van der Waals surface area (Å²) in [6.07, 6.45) is 3.00. The van der Waals surface area contributed by atoms with Crippen molar-refractivity contribution < 1.29 is 9.36 Å². The van der Waals surface area contributed by atoms with E-state index in [0.717, 1.165) is 24.3 Å². The van der Waals surface area contributed by atoms with Crippen molar-refractivity contribution in [2.24, 2.45) is 0 Å². The van der Waals surface area contributed by atoms with Gasteiger partial charge in [0.15, 0.2) is 6.20 Å². The molecule has 1 aromatic carbocycles. The van der Waals surface area contributed by atoms with Crippen LogP contribution in [0.25, 0.3) is 5.69 Å². The highest BCUT2D eigenvalue weighted by molar-refractivity contribution is 7.09. The number of nitrogens with zero attached hydrogens (tertiary/aromatic N) is 2. The molecule has 0 unspecified atom stereocenters. The highest BCUT2D eigenvalue weighted by Gasteiger charge is 2.31. The summed E-state index contributed by atoms with van der Waals surface area (Å²) in [5.41, 5.74) is 2.07. The molecule has 2 heterocycles. The van der Waals surface area contributed by atoms with E-state index < -0.39 is 0 Å². The Balaban J connectivity index is 2.27. The molecular weight excluding hydrogens is 232 g/mol. The van der Waals surface area contributed by atoms with E-state index in [1.54, 1.807) is 16.2 Å². The van der Waals surface area contributed by atoms with E-state index in [1.807, 2.05) is 18.2 Å². The van der Waals surface area contributed by atoms with Crippen LogP contribution in [0.4, 0.5) is 5.69 Å². The fourth-order valence-electron chi connectivity index (χ4n) is 2.33. The molecule has 1 amide bonds. The van der Waals surface area contributed by atoms with E-state index in [2.05, 4.69) is 29.1 Å². The first-order valence-electron chi connectivity index (χ1n) is 5.61. The highest BCUT2D eigenvalue weighted by Crippen LogP contribution is 2.29. The molecule has 2 aromatic rings. The topological polar surface area (TPSA) is 24.2 Å². The number of hydrogen-bond acceptors (Lipinski definition) is 2. The summed E-state index contributed by atoms with van der Waals surface area (Å²) in [5.74, 6) is 0.354. The number of hydrogen-bond donors (Lipinski definition) is 0. The Kier molecular flexibility index (Phi) is 2.44. The summed E-state index contributed by atoms with van der Waals surface area (Å²) < 4.78 is 2.19. The molecule has 3 rings (SSSR count). The molecule has 0 spiro atoms. The van der Waals surface area contributed by atoms with Gasteiger partial charge in [0, 0.05) is 12.6 Å². The fraction of sp³-hybridized carbons (Fsp3) is 0.231. The molecule has 1 aromatic heterocycles. The standard InChI is InChI=1S/C13H13N2OS/c1-10-8-14(9-16)11-4-2-3-5-12(11)15-6-7-17-13(10)15/h2-7,9-10H,8H2,1H3/q+1/t10-/m0/s1. The van der Waals surface area contributed by atoms with E-state index in [1.165, 1.54) is 5.01 Å². The van der Waals surface area contributed by atoms with Gasteiger partial charge in [0.25, 0.3) is 0 Å². The van der Waals surface area contributed by atoms with Crippen molar-refractivity contribution >= 4 is 23.4 Å². The zero-order valence-electron chi connectivity index (χ0n) is 9.54. The van der Waals surface area contributed by atoms with Gasteiger partial charge in [-0.15, -0.1) is 0 Å². The summed E-state index contributed by atoms with van der Waals surface area (Å²) in [6.45, 7) is 2.89. The average Bonchev–Trinajstić information content (AvgIpc) is 2.81. The molecule has 1 atom stereocenters. The number of carbonyl (C=O) groups excluding carboxylic acids is 1. The first-order valence-corrected chi connectivity index (χ1v) is 6.49. The summed E-state index contributed by atoms with van der Waals surface area (Å²) in [7, 11) is 0. The lowest BCUT2D eigenvalue weighted by Gasteiger charge is -2.16. The van der Waals surface area contributed by atoms with Crippen LogP contribution in [0.2, 0.25) is 0 Å². The Morgan fingerprint density at radius 2 is 2.29 bits per heavy atom. The van der Waals surface area contributed by atoms with E-state index >= 15 is 0 Å². The van der Waals surface area contributed by atoms with E-state index in [4.69, 9.17) is 0 Å². The molecule has 1 aliphatic rings. The number of fused-ring (bicyclic) bond motifs is 3. The van der Waals surface area contributed by atoms with Crippen molar-refractivity contribution in [1.82, 2.24) is 0 Å². The third-order valence-corrected chi connectivity index (χ3v) is 4.20. The predicted molar refractivity (Wildman–Crippen MR) is 67.7 cm³/mol. The molecule has 0 N–H and O–H groups in total. The minimum absolute atomic E-state index is 0.354. The van der Waals surface area contributed by atoms with E-state index in [-0.39, 0.29) is 0 Å². The van der Waals surface area contributed by atoms with Gasteiger partial charge >= 0.3 is 0 Å². The van der Waals surface area contributed by atoms with Crippen LogP contribution in [0.15, 0.2) is 35.8 Å². The Hall–Kier alpha value is -1.68. The number of amides is 1. The Bertz CT molecular complexity index is 564. The van der Waals surface area contributed by atoms with Gasteiger partial charge in [-0.2, -0.15) is 4.57 Å². The second kappa shape index (κ2) is 3.96. The van der Waals surface area contributed by atoms with Crippen molar-refractivity contribution in [1.29, 1.82) is 0 Å². The number of para-hydroxylation sites is 2. The number of carbonyl (C=O) groups is 1. The van der Waals surface area contributed by atoms with E-state index in [9.17, 15) is 4.79 Å². The minimum atomic E-state index is 0.354. The fourth-order valence-corrected chi connectivity index (χ4v) is 3.23. The average molecular weight is 245 g/mol. The van der Waals surface area contributed by atoms with Gasteiger partial charge < -0.3 is 4.90 Å². The molecule has 86 valence electrons. The monoisotopic (exact) mass is 245 g/mol. The molecule has 4 heteroatoms. The first kappa shape index (κ1) is 10.5. The molecule has 17 heavy (non-hydrogen) atoms. The number of rotatable bonds is 1. The lowest BCUT2D eigenvalue weighted by Crippen LogP contribution is -2.32. The van der Waals surface area contributed by atoms with Crippen LogP contribution in [-0.2, 0) is 4.79 Å². The van der Waals surface area contributed by atoms with Crippen LogP contribution in [-0.4, -0.2) is 13.0 Å². The molecule has 0 aliphatic carbocycles. The SMILES string of the molecule is C[C@H]1CN(C=O)c2ccccc2-[n+]2ccsc21. The van der Waals surface area contributed by atoms with E-state index in [0.29, 0.717) is 5.92 Å². The molecule has 3 nitrogen and oxygen atoms in total. The maximum atomic E-state index is 11.2. The van der Waals surface area contributed by atoms with Gasteiger partial charge in [-0.25, -0.2) is 0 Å². The largest absolute Gasteiger partial charge is 0.308 e. The zero-order valence-corrected chi connectivity index (χ0v) is 10.4. The van der Waals surface area contributed by atoms with Gasteiger partial charge in [0.05, 0.1) is 11.3 Å². The van der Waals surface area contributed by atoms with Crippen LogP contribution in [0.3, 0.4) is 0 Å². The molecule has 0 saturated carbocycles. The molecule has 0 bridgehead atoms. The van der Waals surface area contributed by atoms with Crippen LogP contribution >= 0.6 is 11.3 Å². The number of anilines is 1. The number of aromatic nitrogens is 1. The maximum absolute atomic E-state index is 11.2. The third kappa shape index (κ3) is 1.56. The van der Waals surface area contributed by atoms with Gasteiger partial charge in [-0.3, -0.25) is 4.79 Å². The second-order valence-corrected chi connectivity index (χ2v) is 5.18. The second-order valence-electron chi connectivity index (χ2n) is 4.26. The van der Waals surface area contributed by atoms with Crippen molar-refractivity contribution in [3.05, 3.63) is 40.8 Å². The quantitative estimate of drug-likeness (QED) is 0.557. The van der Waals surface area contributed by atoms with Crippen molar-refractivity contribution in [2.45, 2.75) is 12.8 Å². The lowest BCUT2D eigenvalue weighted by atomic mass is 10.2. The molecule has 0 saturated heterocycles. The first-order chi connectivity index (χ1) is 8.31. The summed E-state index contributed by atoms with van der Waals surface area (Å²) >= 11 is 1.74. The smallest absolute Gasteiger partial charge is 0.247 e. The van der Waals surface area contributed by atoms with Crippen LogP contribution < -0.4 is 9.47 Å². The molecule has 1 aliphatic heterocycles. The van der Waals surface area contributed by atoms with Crippen LogP contribution in [0, 0.1) is 0 Å². The summed E-state index contributed by atoms with van der Waals surface area (Å²) in [6, 6.07) is 8.03. The van der Waals surface area contributed by atoms with Crippen molar-refractivity contribution in [2.75, 3.05) is 11.4 Å². The van der Waals surface area contributed by atoms with Crippen LogP contribution in [0.1, 0.15) is 17.8 Å². The Morgan fingerprint density at radius 3 is 3.12 bits per heavy atom. The number of thiazole rings is 1. The maximum Gasteiger partial charge on any atom is 0.247 e. The zero-order chi connectivity index (χ0) is 11.8. The van der Waals surface area contributed by atoms with Crippen molar-refractivity contribution in [3.8, 4) is 5.69 Å². The molecule has 0 radical (unpaired) electrons. The minimum Gasteiger partial charge on any atom is -0.308 e. The predicted octanol–water partition coefficient (Wildman–Crippen LogP) is 2.10. The third-order valence-electron chi connectivity index (χ3n) is 3.11. The lowest BCUT2D eigenvalue weighted by molar-refractivity contribution is -0.598. The highest BCUT2D eigenvalue weighted by atomic mass is 32.1. The van der Waals surface area contributed by atoms with Gasteiger partial charge in [-0.05, 0) is 13.0 Å². The van der Waals surface area contributed by atoms with Crippen molar-refractivity contribution in [3.63, 3.8) is 0 Å². The Morgan fingerprint density at radius 1 is 1.47 bits per heavy atom. The molecule has 0 fully saturated rings. The Labute approximate surface area is 104 Å². The van der Waals surface area contributed by atoms with Gasteiger partial charge in [-0.1, -0.05) is 23.5 Å². The van der Waals surface area contributed by atoms with Gasteiger partial charge in [0.1, 0.15) is 5.69 Å². The molecular formula is C13H13N2OS+. The van der Waals surface area contributed by atoms with Gasteiger partial charge in [0.2, 0.25) is 17.1 Å². The van der Waals surface area contributed by atoms with Crippen LogP contribution in [0.5, 0.6) is 0 Å². The summed E-state index contributed by atoms with van der Waals surface area (Å²) in [5, 5.41) is 3.39. The number of benzene rings is 1. The normalized spacial score (nSPS) is 18.2.